The fraction of sp³-hybridized carbons (Fsp3) is 0.520. The second kappa shape index (κ2) is 9.61. The number of amides is 1. The lowest BCUT2D eigenvalue weighted by molar-refractivity contribution is -0.138. The van der Waals surface area contributed by atoms with E-state index in [1.807, 2.05) is 23.1 Å². The molecule has 0 saturated carbocycles. The third-order valence-electron chi connectivity index (χ3n) is 6.71. The molecule has 0 N–H and O–H groups in total. The Bertz CT molecular complexity index is 921. The fourth-order valence-electron chi connectivity index (χ4n) is 4.78. The van der Waals surface area contributed by atoms with Crippen LogP contribution in [0, 0.1) is 5.92 Å². The standard InChI is InChI=1S/C25H30F3N3O/c1-30-14-11-19(12-15-30)24(32)31-13-3-4-20(17-31)23-6-2-5-22(29-23)16-18-7-9-21(10-8-18)25(26,27)28/h2,5-10,19-20H,3-4,11-17H2,1H3. The van der Waals surface area contributed by atoms with Gasteiger partial charge in [0.25, 0.3) is 0 Å². The van der Waals surface area contributed by atoms with Crippen molar-refractivity contribution in [3.63, 3.8) is 0 Å². The lowest BCUT2D eigenvalue weighted by atomic mass is 9.90. The van der Waals surface area contributed by atoms with Crippen LogP contribution in [0.3, 0.4) is 0 Å². The summed E-state index contributed by atoms with van der Waals surface area (Å²) in [4.78, 5) is 22.2. The van der Waals surface area contributed by atoms with Gasteiger partial charge in [-0.25, -0.2) is 0 Å². The van der Waals surface area contributed by atoms with Gasteiger partial charge in [0.05, 0.1) is 5.56 Å². The number of hydrogen-bond acceptors (Lipinski definition) is 3. The molecule has 2 fully saturated rings. The van der Waals surface area contributed by atoms with Gasteiger partial charge in [0.1, 0.15) is 0 Å². The molecule has 172 valence electrons. The van der Waals surface area contributed by atoms with Crippen LogP contribution in [0.15, 0.2) is 42.5 Å². The molecule has 1 unspecified atom stereocenters. The van der Waals surface area contributed by atoms with E-state index in [1.165, 1.54) is 12.1 Å². The van der Waals surface area contributed by atoms with Gasteiger partial charge in [-0.2, -0.15) is 13.2 Å². The first-order valence-corrected chi connectivity index (χ1v) is 11.4. The lowest BCUT2D eigenvalue weighted by Crippen LogP contribution is -2.45. The predicted molar refractivity (Wildman–Crippen MR) is 117 cm³/mol. The molecule has 1 aromatic heterocycles. The van der Waals surface area contributed by atoms with E-state index in [9.17, 15) is 18.0 Å². The molecule has 7 heteroatoms. The van der Waals surface area contributed by atoms with Gasteiger partial charge in [-0.1, -0.05) is 18.2 Å². The van der Waals surface area contributed by atoms with Crippen molar-refractivity contribution in [1.29, 1.82) is 0 Å². The number of halogens is 3. The predicted octanol–water partition coefficient (Wildman–Crippen LogP) is 4.74. The van der Waals surface area contributed by atoms with Crippen LogP contribution < -0.4 is 0 Å². The zero-order valence-corrected chi connectivity index (χ0v) is 18.4. The largest absolute Gasteiger partial charge is 0.416 e. The number of benzene rings is 1. The third-order valence-corrected chi connectivity index (χ3v) is 6.71. The number of hydrogen-bond donors (Lipinski definition) is 0. The molecule has 1 amide bonds. The van der Waals surface area contributed by atoms with Crippen LogP contribution in [0.5, 0.6) is 0 Å². The molecule has 2 aliphatic rings. The molecule has 2 aromatic rings. The number of carbonyl (C=O) groups excluding carboxylic acids is 1. The first kappa shape index (κ1) is 22.8. The maximum atomic E-state index is 13.0. The van der Waals surface area contributed by atoms with Gasteiger partial charge < -0.3 is 9.80 Å². The number of alkyl halides is 3. The van der Waals surface area contributed by atoms with Crippen molar-refractivity contribution < 1.29 is 18.0 Å². The van der Waals surface area contributed by atoms with Crippen molar-refractivity contribution in [2.45, 2.75) is 44.2 Å². The summed E-state index contributed by atoms with van der Waals surface area (Å²) in [5, 5.41) is 0. The Hall–Kier alpha value is -2.41. The molecule has 1 aromatic carbocycles. The Kier molecular flexibility index (Phi) is 6.84. The minimum absolute atomic E-state index is 0.129. The van der Waals surface area contributed by atoms with E-state index in [-0.39, 0.29) is 17.7 Å². The van der Waals surface area contributed by atoms with E-state index in [0.717, 1.165) is 74.4 Å². The van der Waals surface area contributed by atoms with Crippen molar-refractivity contribution in [2.24, 2.45) is 5.92 Å². The summed E-state index contributed by atoms with van der Waals surface area (Å²) in [5.74, 6) is 0.610. The Balaban J connectivity index is 1.40. The molecule has 0 radical (unpaired) electrons. The fourth-order valence-corrected chi connectivity index (χ4v) is 4.78. The van der Waals surface area contributed by atoms with Gasteiger partial charge in [0, 0.05) is 42.7 Å². The van der Waals surface area contributed by atoms with Crippen LogP contribution in [0.4, 0.5) is 13.2 Å². The quantitative estimate of drug-likeness (QED) is 0.682. The van der Waals surface area contributed by atoms with E-state index in [0.29, 0.717) is 13.0 Å². The van der Waals surface area contributed by atoms with E-state index in [2.05, 4.69) is 11.9 Å². The third kappa shape index (κ3) is 5.49. The number of piperidine rings is 2. The molecule has 3 heterocycles. The number of likely N-dealkylation sites (tertiary alicyclic amines) is 2. The Morgan fingerprint density at radius 1 is 1.03 bits per heavy atom. The second-order valence-corrected chi connectivity index (χ2v) is 9.13. The maximum Gasteiger partial charge on any atom is 0.416 e. The van der Waals surface area contributed by atoms with Crippen LogP contribution in [0.2, 0.25) is 0 Å². The summed E-state index contributed by atoms with van der Waals surface area (Å²) in [6.07, 6.45) is -0.0258. The molecule has 32 heavy (non-hydrogen) atoms. The molecule has 2 aliphatic heterocycles. The van der Waals surface area contributed by atoms with E-state index in [4.69, 9.17) is 4.98 Å². The molecule has 0 spiro atoms. The van der Waals surface area contributed by atoms with Gasteiger partial charge in [0.15, 0.2) is 0 Å². The van der Waals surface area contributed by atoms with Crippen molar-refractivity contribution in [2.75, 3.05) is 33.2 Å². The highest BCUT2D eigenvalue weighted by molar-refractivity contribution is 5.79. The Labute approximate surface area is 187 Å². The summed E-state index contributed by atoms with van der Waals surface area (Å²) in [7, 11) is 2.10. The number of pyridine rings is 1. The molecule has 1 atom stereocenters. The van der Waals surface area contributed by atoms with E-state index in [1.54, 1.807) is 0 Å². The van der Waals surface area contributed by atoms with Crippen molar-refractivity contribution >= 4 is 5.91 Å². The number of rotatable bonds is 4. The molecular weight excluding hydrogens is 415 g/mol. The summed E-state index contributed by atoms with van der Waals surface area (Å²) < 4.78 is 38.4. The van der Waals surface area contributed by atoms with E-state index >= 15 is 0 Å². The van der Waals surface area contributed by atoms with Crippen molar-refractivity contribution in [3.05, 3.63) is 65.0 Å². The molecule has 2 saturated heterocycles. The number of aromatic nitrogens is 1. The summed E-state index contributed by atoms with van der Waals surface area (Å²) in [6, 6.07) is 11.1. The van der Waals surface area contributed by atoms with Crippen LogP contribution in [0.25, 0.3) is 0 Å². The molecular formula is C25H30F3N3O. The monoisotopic (exact) mass is 445 g/mol. The van der Waals surface area contributed by atoms with Crippen LogP contribution in [0.1, 0.15) is 54.1 Å². The van der Waals surface area contributed by atoms with Crippen molar-refractivity contribution in [1.82, 2.24) is 14.8 Å². The second-order valence-electron chi connectivity index (χ2n) is 9.13. The topological polar surface area (TPSA) is 36.4 Å². The highest BCUT2D eigenvalue weighted by Gasteiger charge is 2.32. The van der Waals surface area contributed by atoms with Gasteiger partial charge in [-0.05, 0) is 75.6 Å². The van der Waals surface area contributed by atoms with E-state index < -0.39 is 11.7 Å². The number of nitrogens with zero attached hydrogens (tertiary/aromatic N) is 3. The average molecular weight is 446 g/mol. The molecule has 4 rings (SSSR count). The number of carbonyl (C=O) groups is 1. The normalized spacial score (nSPS) is 21.0. The van der Waals surface area contributed by atoms with Gasteiger partial charge in [0.2, 0.25) is 5.91 Å². The molecule has 4 nitrogen and oxygen atoms in total. The summed E-state index contributed by atoms with van der Waals surface area (Å²) in [5.41, 5.74) is 1.96. The van der Waals surface area contributed by atoms with Gasteiger partial charge in [-0.3, -0.25) is 9.78 Å². The highest BCUT2D eigenvalue weighted by Crippen LogP contribution is 2.30. The van der Waals surface area contributed by atoms with Crippen molar-refractivity contribution in [3.8, 4) is 0 Å². The minimum Gasteiger partial charge on any atom is -0.342 e. The first-order chi connectivity index (χ1) is 15.3. The maximum absolute atomic E-state index is 13.0. The zero-order chi connectivity index (χ0) is 22.7. The van der Waals surface area contributed by atoms with Crippen LogP contribution in [-0.2, 0) is 17.4 Å². The SMILES string of the molecule is CN1CCC(C(=O)N2CCCC(c3cccc(Cc4ccc(C(F)(F)F)cc4)n3)C2)CC1. The Morgan fingerprint density at radius 3 is 2.44 bits per heavy atom. The average Bonchev–Trinajstić information content (AvgIpc) is 2.79. The van der Waals surface area contributed by atoms with Gasteiger partial charge in [-0.15, -0.1) is 0 Å². The smallest absolute Gasteiger partial charge is 0.342 e. The molecule has 0 aliphatic carbocycles. The Morgan fingerprint density at radius 2 is 1.75 bits per heavy atom. The van der Waals surface area contributed by atoms with Gasteiger partial charge >= 0.3 is 6.18 Å². The summed E-state index contributed by atoms with van der Waals surface area (Å²) in [6.45, 7) is 3.46. The van der Waals surface area contributed by atoms with Crippen LogP contribution >= 0.6 is 0 Å². The minimum atomic E-state index is -4.32. The zero-order valence-electron chi connectivity index (χ0n) is 18.4. The highest BCUT2D eigenvalue weighted by atomic mass is 19.4. The summed E-state index contributed by atoms with van der Waals surface area (Å²) >= 11 is 0. The first-order valence-electron chi connectivity index (χ1n) is 11.4. The van der Waals surface area contributed by atoms with Crippen LogP contribution in [-0.4, -0.2) is 53.9 Å². The molecule has 0 bridgehead atoms. The lowest BCUT2D eigenvalue weighted by Gasteiger charge is -2.37.